The normalized spacial score (nSPS) is 19.8. The van der Waals surface area contributed by atoms with Gasteiger partial charge in [-0.05, 0) is 6.92 Å². The molecule has 0 aliphatic carbocycles. The van der Waals surface area contributed by atoms with E-state index in [4.69, 9.17) is 0 Å². The summed E-state index contributed by atoms with van der Waals surface area (Å²) in [6, 6.07) is -0.408. The Morgan fingerprint density at radius 2 is 2.20 bits per heavy atom. The maximum absolute atomic E-state index is 12.5. The Hall–Kier alpha value is -1.38. The number of amides is 2. The number of ether oxygens (including phenoxy) is 1. The highest BCUT2D eigenvalue weighted by atomic mass is 19.3. The van der Waals surface area contributed by atoms with E-state index < -0.39 is 37.5 Å². The molecule has 1 N–H and O–H groups in total. The number of hydrogen-bond donors (Lipinski definition) is 1. The highest BCUT2D eigenvalue weighted by Crippen LogP contribution is 2.22. The van der Waals surface area contributed by atoms with Crippen molar-refractivity contribution < 1.29 is 31.9 Å². The SMILES string of the molecule is CCN1C[C@@H](NC(=O)COCC(F)(F)C(F)F)CC1=O. The van der Waals surface area contributed by atoms with Crippen LogP contribution in [0, 0.1) is 0 Å². The molecule has 1 rings (SSSR count). The third-order valence-corrected chi connectivity index (χ3v) is 2.81. The Morgan fingerprint density at radius 1 is 1.55 bits per heavy atom. The molecule has 1 fully saturated rings. The van der Waals surface area contributed by atoms with E-state index in [1.54, 1.807) is 6.92 Å². The number of likely N-dealkylation sites (N-methyl/N-ethyl adjacent to an activating group) is 1. The average molecular weight is 300 g/mol. The van der Waals surface area contributed by atoms with Gasteiger partial charge in [-0.25, -0.2) is 8.78 Å². The zero-order valence-corrected chi connectivity index (χ0v) is 10.9. The smallest absolute Gasteiger partial charge is 0.330 e. The van der Waals surface area contributed by atoms with E-state index in [0.717, 1.165) is 0 Å². The number of rotatable bonds is 7. The topological polar surface area (TPSA) is 58.6 Å². The predicted octanol–water partition coefficient (Wildman–Crippen LogP) is 0.640. The van der Waals surface area contributed by atoms with Crippen LogP contribution in [0.5, 0.6) is 0 Å². The molecular weight excluding hydrogens is 284 g/mol. The van der Waals surface area contributed by atoms with Crippen LogP contribution in [0.1, 0.15) is 13.3 Å². The molecule has 1 saturated heterocycles. The van der Waals surface area contributed by atoms with Gasteiger partial charge in [-0.3, -0.25) is 9.59 Å². The van der Waals surface area contributed by atoms with Crippen LogP contribution in [0.3, 0.4) is 0 Å². The van der Waals surface area contributed by atoms with Crippen LogP contribution in [0.2, 0.25) is 0 Å². The van der Waals surface area contributed by atoms with Crippen LogP contribution in [0.4, 0.5) is 17.6 Å². The molecule has 0 unspecified atom stereocenters. The van der Waals surface area contributed by atoms with Crippen molar-refractivity contribution in [2.75, 3.05) is 26.3 Å². The van der Waals surface area contributed by atoms with Crippen LogP contribution < -0.4 is 5.32 Å². The van der Waals surface area contributed by atoms with Gasteiger partial charge in [-0.15, -0.1) is 0 Å². The summed E-state index contributed by atoms with van der Waals surface area (Å²) in [7, 11) is 0. The second-order valence-corrected chi connectivity index (χ2v) is 4.46. The van der Waals surface area contributed by atoms with E-state index in [2.05, 4.69) is 10.1 Å². The van der Waals surface area contributed by atoms with Crippen LogP contribution in [0.25, 0.3) is 0 Å². The summed E-state index contributed by atoms with van der Waals surface area (Å²) < 4.78 is 52.9. The minimum atomic E-state index is -4.28. The summed E-state index contributed by atoms with van der Waals surface area (Å²) in [5.74, 6) is -5.10. The van der Waals surface area contributed by atoms with Gasteiger partial charge in [0.15, 0.2) is 0 Å². The molecule has 0 saturated carbocycles. The molecule has 20 heavy (non-hydrogen) atoms. The van der Waals surface area contributed by atoms with E-state index in [-0.39, 0.29) is 12.3 Å². The Morgan fingerprint density at radius 3 is 2.70 bits per heavy atom. The van der Waals surface area contributed by atoms with Crippen molar-refractivity contribution in [3.8, 4) is 0 Å². The lowest BCUT2D eigenvalue weighted by atomic mass is 10.2. The Labute approximate surface area is 113 Å². The second kappa shape index (κ2) is 6.87. The average Bonchev–Trinajstić information content (AvgIpc) is 2.68. The fourth-order valence-electron chi connectivity index (χ4n) is 1.79. The predicted molar refractivity (Wildman–Crippen MR) is 60.6 cm³/mol. The first-order chi connectivity index (χ1) is 9.26. The van der Waals surface area contributed by atoms with Gasteiger partial charge < -0.3 is 15.0 Å². The fourth-order valence-corrected chi connectivity index (χ4v) is 1.79. The molecule has 0 aromatic rings. The zero-order valence-electron chi connectivity index (χ0n) is 10.9. The van der Waals surface area contributed by atoms with Crippen molar-refractivity contribution in [2.45, 2.75) is 31.7 Å². The standard InChI is InChI=1S/C11H16F4N2O3/c1-2-17-4-7(3-9(17)19)16-8(18)5-20-6-11(14,15)10(12)13/h7,10H,2-6H2,1H3,(H,16,18)/t7-/m0/s1. The molecule has 1 heterocycles. The van der Waals surface area contributed by atoms with Gasteiger partial charge in [0.05, 0.1) is 6.04 Å². The van der Waals surface area contributed by atoms with E-state index in [1.165, 1.54) is 4.90 Å². The summed E-state index contributed by atoms with van der Waals surface area (Å²) in [5, 5.41) is 2.43. The fraction of sp³-hybridized carbons (Fsp3) is 0.818. The Kier molecular flexibility index (Phi) is 5.73. The molecule has 0 radical (unpaired) electrons. The minimum absolute atomic E-state index is 0.108. The van der Waals surface area contributed by atoms with Gasteiger partial charge in [0, 0.05) is 19.5 Å². The molecule has 0 spiro atoms. The van der Waals surface area contributed by atoms with Crippen LogP contribution in [-0.4, -0.2) is 61.4 Å². The Balaban J connectivity index is 2.27. The van der Waals surface area contributed by atoms with Crippen molar-refractivity contribution >= 4 is 11.8 Å². The zero-order chi connectivity index (χ0) is 15.3. The lowest BCUT2D eigenvalue weighted by Crippen LogP contribution is -2.40. The number of nitrogens with zero attached hydrogens (tertiary/aromatic N) is 1. The van der Waals surface area contributed by atoms with Crippen molar-refractivity contribution in [2.24, 2.45) is 0 Å². The molecule has 0 bridgehead atoms. The Bertz CT molecular complexity index is 366. The molecule has 5 nitrogen and oxygen atoms in total. The maximum Gasteiger partial charge on any atom is 0.330 e. The minimum Gasteiger partial charge on any atom is -0.365 e. The van der Waals surface area contributed by atoms with E-state index in [9.17, 15) is 27.2 Å². The van der Waals surface area contributed by atoms with Crippen molar-refractivity contribution in [1.29, 1.82) is 0 Å². The van der Waals surface area contributed by atoms with Gasteiger partial charge >= 0.3 is 12.3 Å². The first kappa shape index (κ1) is 16.7. The number of alkyl halides is 4. The van der Waals surface area contributed by atoms with Crippen LogP contribution in [0.15, 0.2) is 0 Å². The summed E-state index contributed by atoms with van der Waals surface area (Å²) in [6.45, 7) is 0.371. The molecule has 1 aliphatic rings. The molecule has 116 valence electrons. The summed E-state index contributed by atoms with van der Waals surface area (Å²) in [4.78, 5) is 24.3. The third-order valence-electron chi connectivity index (χ3n) is 2.81. The van der Waals surface area contributed by atoms with E-state index in [1.807, 2.05) is 0 Å². The highest BCUT2D eigenvalue weighted by Gasteiger charge is 2.41. The number of hydrogen-bond acceptors (Lipinski definition) is 3. The lowest BCUT2D eigenvalue weighted by molar-refractivity contribution is -0.168. The maximum atomic E-state index is 12.5. The third kappa shape index (κ3) is 4.62. The molecule has 9 heteroatoms. The summed E-state index contributed by atoms with van der Waals surface area (Å²) in [6.07, 6.45) is -3.71. The van der Waals surface area contributed by atoms with Crippen molar-refractivity contribution in [3.63, 3.8) is 0 Å². The summed E-state index contributed by atoms with van der Waals surface area (Å²) in [5.41, 5.74) is 0. The number of carbonyl (C=O) groups is 2. The van der Waals surface area contributed by atoms with Crippen LogP contribution in [-0.2, 0) is 14.3 Å². The molecule has 2 amide bonds. The van der Waals surface area contributed by atoms with Gasteiger partial charge in [0.2, 0.25) is 11.8 Å². The number of nitrogens with one attached hydrogen (secondary N) is 1. The molecular formula is C11H16F4N2O3. The first-order valence-electron chi connectivity index (χ1n) is 6.07. The van der Waals surface area contributed by atoms with Crippen molar-refractivity contribution in [1.82, 2.24) is 10.2 Å². The van der Waals surface area contributed by atoms with Crippen molar-refractivity contribution in [3.05, 3.63) is 0 Å². The second-order valence-electron chi connectivity index (χ2n) is 4.46. The quantitative estimate of drug-likeness (QED) is 0.702. The number of halogens is 4. The number of likely N-dealkylation sites (tertiary alicyclic amines) is 1. The summed E-state index contributed by atoms with van der Waals surface area (Å²) >= 11 is 0. The molecule has 0 aromatic carbocycles. The van der Waals surface area contributed by atoms with Gasteiger partial charge in [-0.2, -0.15) is 8.78 Å². The van der Waals surface area contributed by atoms with Gasteiger partial charge in [0.1, 0.15) is 13.2 Å². The highest BCUT2D eigenvalue weighted by molar-refractivity contribution is 5.82. The monoisotopic (exact) mass is 300 g/mol. The number of carbonyl (C=O) groups excluding carboxylic acids is 2. The van der Waals surface area contributed by atoms with E-state index in [0.29, 0.717) is 13.1 Å². The lowest BCUT2D eigenvalue weighted by Gasteiger charge is -2.16. The van der Waals surface area contributed by atoms with Gasteiger partial charge in [-0.1, -0.05) is 0 Å². The van der Waals surface area contributed by atoms with E-state index >= 15 is 0 Å². The molecule has 1 aliphatic heterocycles. The van der Waals surface area contributed by atoms with Gasteiger partial charge in [0.25, 0.3) is 0 Å². The first-order valence-corrected chi connectivity index (χ1v) is 6.07. The molecule has 0 aromatic heterocycles. The van der Waals surface area contributed by atoms with Crippen LogP contribution >= 0.6 is 0 Å². The molecule has 1 atom stereocenters. The largest absolute Gasteiger partial charge is 0.365 e.